The summed E-state index contributed by atoms with van der Waals surface area (Å²) in [5.41, 5.74) is 4.76. The Morgan fingerprint density at radius 3 is 2.60 bits per heavy atom. The van der Waals surface area contributed by atoms with E-state index in [-0.39, 0.29) is 5.25 Å². The number of carbonyl (C=O) groups excluding carboxylic acids is 1. The normalized spacial score (nSPS) is 14.5. The molecule has 1 rings (SSSR count). The van der Waals surface area contributed by atoms with Crippen LogP contribution in [0.25, 0.3) is 0 Å². The Morgan fingerprint density at radius 1 is 1.47 bits per heavy atom. The molecular weight excluding hydrogens is 210 g/mol. The second kappa shape index (κ2) is 5.78. The van der Waals surface area contributed by atoms with Crippen LogP contribution in [0.1, 0.15) is 12.5 Å². The molecule has 0 bridgehead atoms. The van der Waals surface area contributed by atoms with Gasteiger partial charge in [0.05, 0.1) is 5.25 Å². The third kappa shape index (κ3) is 3.93. The van der Waals surface area contributed by atoms with Crippen LogP contribution in [0.15, 0.2) is 30.3 Å². The number of benzene rings is 1. The third-order valence-corrected chi connectivity index (χ3v) is 3.58. The molecule has 0 fully saturated rings. The molecule has 3 N–H and O–H groups in total. The van der Waals surface area contributed by atoms with E-state index in [1.165, 1.54) is 5.56 Å². The van der Waals surface area contributed by atoms with E-state index in [1.54, 1.807) is 11.8 Å². The van der Waals surface area contributed by atoms with Crippen LogP contribution < -0.4 is 10.8 Å². The molecule has 0 aliphatic carbocycles. The van der Waals surface area contributed by atoms with Gasteiger partial charge in [-0.2, -0.15) is 0 Å². The fraction of sp³-hybridized carbons (Fsp3) is 0.364. The maximum Gasteiger partial charge on any atom is 0.136 e. The summed E-state index contributed by atoms with van der Waals surface area (Å²) in [4.78, 5) is 10.6. The number of hydrogen-bond acceptors (Lipinski definition) is 3. The lowest BCUT2D eigenvalue weighted by atomic mass is 10.2. The zero-order valence-corrected chi connectivity index (χ0v) is 9.50. The molecule has 0 amide bonds. The van der Waals surface area contributed by atoms with E-state index in [4.69, 9.17) is 0 Å². The van der Waals surface area contributed by atoms with Crippen molar-refractivity contribution in [3.8, 4) is 0 Å². The molecule has 0 heterocycles. The lowest BCUT2D eigenvalue weighted by Gasteiger charge is -2.16. The second-order valence-electron chi connectivity index (χ2n) is 3.43. The van der Waals surface area contributed by atoms with E-state index in [1.807, 2.05) is 37.3 Å². The van der Waals surface area contributed by atoms with Crippen molar-refractivity contribution in [2.24, 2.45) is 0 Å². The van der Waals surface area contributed by atoms with Gasteiger partial charge >= 0.3 is 0 Å². The molecule has 0 unspecified atom stereocenters. The van der Waals surface area contributed by atoms with Gasteiger partial charge in [0.15, 0.2) is 0 Å². The van der Waals surface area contributed by atoms with E-state index in [0.717, 1.165) is 5.75 Å². The predicted molar refractivity (Wildman–Crippen MR) is 58.9 cm³/mol. The van der Waals surface area contributed by atoms with Gasteiger partial charge in [-0.1, -0.05) is 30.3 Å². The van der Waals surface area contributed by atoms with Crippen molar-refractivity contribution in [1.82, 2.24) is 0 Å². The highest BCUT2D eigenvalue weighted by Gasteiger charge is 2.17. The molecule has 0 radical (unpaired) electrons. The van der Waals surface area contributed by atoms with Gasteiger partial charge in [-0.3, -0.25) is 0 Å². The van der Waals surface area contributed by atoms with Gasteiger partial charge in [0, 0.05) is 5.75 Å². The lowest BCUT2D eigenvalue weighted by molar-refractivity contribution is -0.436. The number of carboxylic acids is 1. The molecule has 0 aromatic heterocycles. The Kier molecular flexibility index (Phi) is 4.65. The monoisotopic (exact) mass is 225 g/mol. The standard InChI is InChI=1S/C11H15NO2S/c1-8(10(12)11(13)14)15-7-9-5-3-2-4-6-9/h2-6,8,10H,7,12H2,1H3,(H,13,14)/t8-,10-/m0/s1. The van der Waals surface area contributed by atoms with E-state index in [0.29, 0.717) is 0 Å². The van der Waals surface area contributed by atoms with Crippen LogP contribution in [0.5, 0.6) is 0 Å². The van der Waals surface area contributed by atoms with Crippen molar-refractivity contribution >= 4 is 17.7 Å². The molecule has 0 spiro atoms. The summed E-state index contributed by atoms with van der Waals surface area (Å²) in [6.45, 7) is 1.86. The summed E-state index contributed by atoms with van der Waals surface area (Å²) in [7, 11) is 0. The summed E-state index contributed by atoms with van der Waals surface area (Å²) >= 11 is 1.58. The number of aliphatic carboxylic acids is 1. The Bertz CT molecular complexity index is 316. The smallest absolute Gasteiger partial charge is 0.136 e. The van der Waals surface area contributed by atoms with Crippen LogP contribution in [0, 0.1) is 0 Å². The minimum absolute atomic E-state index is 0.0322. The van der Waals surface area contributed by atoms with Crippen LogP contribution in [0.3, 0.4) is 0 Å². The Hall–Kier alpha value is -1.00. The van der Waals surface area contributed by atoms with Gasteiger partial charge in [0.25, 0.3) is 0 Å². The number of carboxylic acid groups (broad SMARTS) is 1. The average Bonchev–Trinajstić information content (AvgIpc) is 2.26. The van der Waals surface area contributed by atoms with Gasteiger partial charge in [-0.15, -0.1) is 11.8 Å². The molecule has 3 nitrogen and oxygen atoms in total. The molecule has 82 valence electrons. The Balaban J connectivity index is 2.41. The SMILES string of the molecule is C[C@H](SCc1ccccc1)[C@H]([NH3+])C(=O)[O-]. The van der Waals surface area contributed by atoms with Gasteiger partial charge < -0.3 is 15.6 Å². The van der Waals surface area contributed by atoms with Crippen molar-refractivity contribution in [3.63, 3.8) is 0 Å². The molecule has 0 aliphatic heterocycles. The molecule has 2 atom stereocenters. The maximum atomic E-state index is 10.6. The van der Waals surface area contributed by atoms with Crippen molar-refractivity contribution in [3.05, 3.63) is 35.9 Å². The molecule has 0 aliphatic rings. The zero-order chi connectivity index (χ0) is 11.3. The highest BCUT2D eigenvalue weighted by molar-refractivity contribution is 7.99. The first-order valence-corrected chi connectivity index (χ1v) is 5.85. The predicted octanol–water partition coefficient (Wildman–Crippen LogP) is -0.331. The summed E-state index contributed by atoms with van der Waals surface area (Å²) in [6, 6.07) is 9.30. The number of carbonyl (C=O) groups is 1. The molecular formula is C11H15NO2S. The zero-order valence-electron chi connectivity index (χ0n) is 8.68. The van der Waals surface area contributed by atoms with Crippen LogP contribution in [-0.4, -0.2) is 17.3 Å². The van der Waals surface area contributed by atoms with Crippen LogP contribution in [0.2, 0.25) is 0 Å². The van der Waals surface area contributed by atoms with Crippen LogP contribution in [-0.2, 0) is 10.5 Å². The minimum atomic E-state index is -1.08. The molecule has 0 saturated heterocycles. The van der Waals surface area contributed by atoms with Gasteiger partial charge in [0.2, 0.25) is 0 Å². The summed E-state index contributed by atoms with van der Waals surface area (Å²) < 4.78 is 0. The van der Waals surface area contributed by atoms with E-state index >= 15 is 0 Å². The molecule has 4 heteroatoms. The van der Waals surface area contributed by atoms with E-state index in [9.17, 15) is 9.90 Å². The van der Waals surface area contributed by atoms with Gasteiger partial charge in [-0.05, 0) is 12.5 Å². The highest BCUT2D eigenvalue weighted by atomic mass is 32.2. The fourth-order valence-electron chi connectivity index (χ4n) is 1.11. The molecule has 1 aromatic rings. The molecule has 1 aromatic carbocycles. The van der Waals surface area contributed by atoms with Crippen molar-refractivity contribution in [2.45, 2.75) is 24.0 Å². The van der Waals surface area contributed by atoms with Crippen molar-refractivity contribution < 1.29 is 15.6 Å². The fourth-order valence-corrected chi connectivity index (χ4v) is 2.10. The summed E-state index contributed by atoms with van der Waals surface area (Å²) in [6.07, 6.45) is 0. The number of hydrogen-bond donors (Lipinski definition) is 1. The third-order valence-electron chi connectivity index (χ3n) is 2.23. The Labute approximate surface area is 93.7 Å². The van der Waals surface area contributed by atoms with Gasteiger partial charge in [-0.25, -0.2) is 0 Å². The minimum Gasteiger partial charge on any atom is -0.544 e. The average molecular weight is 225 g/mol. The quantitative estimate of drug-likeness (QED) is 0.746. The highest BCUT2D eigenvalue weighted by Crippen LogP contribution is 2.18. The molecule has 0 saturated carbocycles. The van der Waals surface area contributed by atoms with Crippen molar-refractivity contribution in [2.75, 3.05) is 0 Å². The second-order valence-corrected chi connectivity index (χ2v) is 4.79. The van der Waals surface area contributed by atoms with Crippen molar-refractivity contribution in [1.29, 1.82) is 0 Å². The first kappa shape index (κ1) is 12.1. The Morgan fingerprint density at radius 2 is 2.07 bits per heavy atom. The summed E-state index contributed by atoms with van der Waals surface area (Å²) in [5, 5.41) is 10.5. The van der Waals surface area contributed by atoms with E-state index in [2.05, 4.69) is 5.73 Å². The number of quaternary nitrogens is 1. The topological polar surface area (TPSA) is 67.8 Å². The van der Waals surface area contributed by atoms with Gasteiger partial charge in [0.1, 0.15) is 12.0 Å². The molecule has 15 heavy (non-hydrogen) atoms. The lowest BCUT2D eigenvalue weighted by Crippen LogP contribution is -2.72. The van der Waals surface area contributed by atoms with Crippen LogP contribution >= 0.6 is 11.8 Å². The summed E-state index contributed by atoms with van der Waals surface area (Å²) in [5.74, 6) is -0.274. The maximum absolute atomic E-state index is 10.6. The first-order valence-electron chi connectivity index (χ1n) is 4.80. The van der Waals surface area contributed by atoms with Crippen LogP contribution in [0.4, 0.5) is 0 Å². The number of rotatable bonds is 5. The van der Waals surface area contributed by atoms with E-state index < -0.39 is 12.0 Å². The largest absolute Gasteiger partial charge is 0.544 e. The number of thioether (sulfide) groups is 1. The first-order chi connectivity index (χ1) is 7.11.